The number of halogens is 1. The lowest BCUT2D eigenvalue weighted by atomic mass is 10.2. The topological polar surface area (TPSA) is 98.5 Å². The van der Waals surface area contributed by atoms with Gasteiger partial charge in [-0.2, -0.15) is 5.10 Å². The summed E-state index contributed by atoms with van der Waals surface area (Å²) < 4.78 is 5.68. The molecule has 1 aliphatic heterocycles. The molecule has 1 atom stereocenters. The first-order valence-corrected chi connectivity index (χ1v) is 7.60. The minimum absolute atomic E-state index is 0.117. The van der Waals surface area contributed by atoms with Crippen molar-refractivity contribution < 1.29 is 14.5 Å². The predicted molar refractivity (Wildman–Crippen MR) is 85.1 cm³/mol. The number of carbonyl (C=O) groups excluding carboxylic acids is 1. The lowest BCUT2D eigenvalue weighted by molar-refractivity contribution is -0.384. The van der Waals surface area contributed by atoms with Crippen LogP contribution in [0, 0.1) is 10.1 Å². The van der Waals surface area contributed by atoms with Crippen molar-refractivity contribution in [2.45, 2.75) is 12.5 Å². The summed E-state index contributed by atoms with van der Waals surface area (Å²) in [6, 6.07) is 7.22. The van der Waals surface area contributed by atoms with Crippen LogP contribution in [-0.4, -0.2) is 45.1 Å². The van der Waals surface area contributed by atoms with E-state index in [4.69, 9.17) is 16.3 Å². The fourth-order valence-corrected chi connectivity index (χ4v) is 2.69. The Hall–Kier alpha value is -2.74. The molecule has 1 fully saturated rings. The maximum Gasteiger partial charge on any atom is 0.270 e. The zero-order chi connectivity index (χ0) is 17.1. The second-order valence-electron chi connectivity index (χ2n) is 5.26. The van der Waals surface area contributed by atoms with E-state index >= 15 is 0 Å². The standard InChI is InChI=1S/C15H13ClN4O4/c16-13-4-3-10(20(22)23)8-12(13)15(21)19-7-5-11(9-19)24-14-2-1-6-17-18-14/h1-4,6,8,11H,5,7,9H2. The van der Waals surface area contributed by atoms with Crippen LogP contribution in [0.15, 0.2) is 36.5 Å². The van der Waals surface area contributed by atoms with Gasteiger partial charge in [-0.15, -0.1) is 5.10 Å². The summed E-state index contributed by atoms with van der Waals surface area (Å²) >= 11 is 6.02. The van der Waals surface area contributed by atoms with Crippen LogP contribution in [0.3, 0.4) is 0 Å². The molecular weight excluding hydrogens is 336 g/mol. The highest BCUT2D eigenvalue weighted by Gasteiger charge is 2.30. The van der Waals surface area contributed by atoms with Crippen LogP contribution >= 0.6 is 11.6 Å². The van der Waals surface area contributed by atoms with Gasteiger partial charge in [-0.25, -0.2) is 0 Å². The molecule has 3 rings (SSSR count). The largest absolute Gasteiger partial charge is 0.471 e. The van der Waals surface area contributed by atoms with Crippen LogP contribution in [0.1, 0.15) is 16.8 Å². The molecule has 0 spiro atoms. The van der Waals surface area contributed by atoms with E-state index < -0.39 is 4.92 Å². The summed E-state index contributed by atoms with van der Waals surface area (Å²) in [5.41, 5.74) is -0.0553. The van der Waals surface area contributed by atoms with Gasteiger partial charge in [-0.05, 0) is 12.1 Å². The number of nitro groups is 1. The molecule has 1 unspecified atom stereocenters. The molecule has 1 saturated heterocycles. The first-order chi connectivity index (χ1) is 11.5. The van der Waals surface area contributed by atoms with Crippen LogP contribution < -0.4 is 4.74 Å². The smallest absolute Gasteiger partial charge is 0.270 e. The van der Waals surface area contributed by atoms with Gasteiger partial charge in [-0.1, -0.05) is 11.6 Å². The van der Waals surface area contributed by atoms with Crippen LogP contribution in [-0.2, 0) is 0 Å². The molecule has 0 saturated carbocycles. The maximum absolute atomic E-state index is 12.6. The van der Waals surface area contributed by atoms with Gasteiger partial charge in [0.05, 0.1) is 22.1 Å². The number of nitrogens with zero attached hydrogens (tertiary/aromatic N) is 4. The molecule has 1 aliphatic rings. The zero-order valence-corrected chi connectivity index (χ0v) is 13.2. The molecule has 2 heterocycles. The Balaban J connectivity index is 1.70. The molecule has 0 bridgehead atoms. The quantitative estimate of drug-likeness (QED) is 0.621. The zero-order valence-electron chi connectivity index (χ0n) is 12.5. The van der Waals surface area contributed by atoms with Crippen LogP contribution in [0.5, 0.6) is 5.88 Å². The summed E-state index contributed by atoms with van der Waals surface area (Å²) in [7, 11) is 0. The Bertz CT molecular complexity index is 771. The number of benzene rings is 1. The number of carbonyl (C=O) groups is 1. The Morgan fingerprint density at radius 1 is 1.42 bits per heavy atom. The van der Waals surface area contributed by atoms with E-state index in [2.05, 4.69) is 10.2 Å². The molecule has 8 nitrogen and oxygen atoms in total. The van der Waals surface area contributed by atoms with Gasteiger partial charge < -0.3 is 9.64 Å². The highest BCUT2D eigenvalue weighted by Crippen LogP contribution is 2.25. The van der Waals surface area contributed by atoms with E-state index in [0.29, 0.717) is 25.4 Å². The minimum Gasteiger partial charge on any atom is -0.471 e. The lowest BCUT2D eigenvalue weighted by Gasteiger charge is -2.17. The van der Waals surface area contributed by atoms with E-state index in [9.17, 15) is 14.9 Å². The summed E-state index contributed by atoms with van der Waals surface area (Å²) in [5, 5.41) is 18.6. The Kier molecular flexibility index (Phi) is 4.57. The van der Waals surface area contributed by atoms with Crippen LogP contribution in [0.25, 0.3) is 0 Å². The van der Waals surface area contributed by atoms with Gasteiger partial charge in [0.2, 0.25) is 5.88 Å². The Labute approximate surface area is 142 Å². The predicted octanol–water partition coefficient (Wildman–Crippen LogP) is 2.33. The third-order valence-electron chi connectivity index (χ3n) is 3.66. The number of non-ortho nitro benzene ring substituents is 1. The van der Waals surface area contributed by atoms with Gasteiger partial charge >= 0.3 is 0 Å². The summed E-state index contributed by atoms with van der Waals surface area (Å²) in [4.78, 5) is 24.4. The Morgan fingerprint density at radius 3 is 2.96 bits per heavy atom. The molecule has 1 aromatic heterocycles. The maximum atomic E-state index is 12.6. The van der Waals surface area contributed by atoms with Gasteiger partial charge in [0.1, 0.15) is 6.10 Å². The fourth-order valence-electron chi connectivity index (χ4n) is 2.49. The normalized spacial score (nSPS) is 16.9. The van der Waals surface area contributed by atoms with Crippen molar-refractivity contribution in [1.82, 2.24) is 15.1 Å². The monoisotopic (exact) mass is 348 g/mol. The van der Waals surface area contributed by atoms with Crippen molar-refractivity contribution in [3.63, 3.8) is 0 Å². The second-order valence-corrected chi connectivity index (χ2v) is 5.67. The average Bonchev–Trinajstić information content (AvgIpc) is 3.04. The number of hydrogen-bond donors (Lipinski definition) is 0. The van der Waals surface area contributed by atoms with Crippen molar-refractivity contribution >= 4 is 23.2 Å². The molecule has 2 aromatic rings. The third kappa shape index (κ3) is 3.43. The highest BCUT2D eigenvalue weighted by atomic mass is 35.5. The summed E-state index contributed by atoms with van der Waals surface area (Å²) in [5.74, 6) is 0.0409. The molecule has 9 heteroatoms. The molecule has 0 radical (unpaired) electrons. The molecule has 1 amide bonds. The average molecular weight is 349 g/mol. The number of rotatable bonds is 4. The van der Waals surface area contributed by atoms with Gasteiger partial charge in [0.25, 0.3) is 11.6 Å². The van der Waals surface area contributed by atoms with Gasteiger partial charge in [0, 0.05) is 37.4 Å². The van der Waals surface area contributed by atoms with Crippen molar-refractivity contribution in [2.24, 2.45) is 0 Å². The first-order valence-electron chi connectivity index (χ1n) is 7.22. The van der Waals surface area contributed by atoms with Gasteiger partial charge in [0.15, 0.2) is 0 Å². The number of amides is 1. The highest BCUT2D eigenvalue weighted by molar-refractivity contribution is 6.33. The molecule has 0 N–H and O–H groups in total. The Morgan fingerprint density at radius 2 is 2.25 bits per heavy atom. The number of nitro benzene ring substituents is 1. The number of hydrogen-bond acceptors (Lipinski definition) is 6. The van der Waals surface area contributed by atoms with Crippen molar-refractivity contribution in [3.05, 3.63) is 57.2 Å². The number of ether oxygens (including phenoxy) is 1. The third-order valence-corrected chi connectivity index (χ3v) is 3.99. The van der Waals surface area contributed by atoms with Crippen molar-refractivity contribution in [2.75, 3.05) is 13.1 Å². The van der Waals surface area contributed by atoms with Crippen molar-refractivity contribution in [1.29, 1.82) is 0 Å². The molecule has 124 valence electrons. The molecule has 24 heavy (non-hydrogen) atoms. The van der Waals surface area contributed by atoms with E-state index in [0.717, 1.165) is 0 Å². The van der Waals surface area contributed by atoms with E-state index in [1.807, 2.05) is 0 Å². The minimum atomic E-state index is -0.558. The number of likely N-dealkylation sites (tertiary alicyclic amines) is 1. The summed E-state index contributed by atoms with van der Waals surface area (Å²) in [6.07, 6.45) is 1.97. The van der Waals surface area contributed by atoms with E-state index in [-0.39, 0.29) is 28.3 Å². The molecule has 1 aromatic carbocycles. The molecular formula is C15H13ClN4O4. The first kappa shape index (κ1) is 16.1. The van der Waals surface area contributed by atoms with Crippen LogP contribution in [0.2, 0.25) is 5.02 Å². The van der Waals surface area contributed by atoms with E-state index in [1.54, 1.807) is 23.2 Å². The SMILES string of the molecule is O=C(c1cc([N+](=O)[O-])ccc1Cl)N1CCC(Oc2cccnn2)C1. The lowest BCUT2D eigenvalue weighted by Crippen LogP contribution is -2.31. The second kappa shape index (κ2) is 6.79. The number of aromatic nitrogens is 2. The van der Waals surface area contributed by atoms with Crippen molar-refractivity contribution in [3.8, 4) is 5.88 Å². The molecule has 0 aliphatic carbocycles. The van der Waals surface area contributed by atoms with Crippen LogP contribution in [0.4, 0.5) is 5.69 Å². The van der Waals surface area contributed by atoms with Gasteiger partial charge in [-0.3, -0.25) is 14.9 Å². The van der Waals surface area contributed by atoms with E-state index in [1.165, 1.54) is 18.2 Å². The summed E-state index contributed by atoms with van der Waals surface area (Å²) in [6.45, 7) is 0.831. The fraction of sp³-hybridized carbons (Fsp3) is 0.267.